The van der Waals surface area contributed by atoms with Gasteiger partial charge >= 0.3 is 6.01 Å². The third-order valence-corrected chi connectivity index (χ3v) is 7.54. The lowest BCUT2D eigenvalue weighted by molar-refractivity contribution is 0.0938. The zero-order valence-electron chi connectivity index (χ0n) is 20.9. The Bertz CT molecular complexity index is 1260. The number of aromatic nitrogens is 2. The first-order valence-corrected chi connectivity index (χ1v) is 13.2. The number of piperazine rings is 1. The van der Waals surface area contributed by atoms with Crippen molar-refractivity contribution in [3.63, 3.8) is 0 Å². The molecule has 2 aliphatic heterocycles. The Hall–Kier alpha value is -3.42. The number of para-hydroxylation sites is 1. The third-order valence-electron chi connectivity index (χ3n) is 6.45. The molecular formula is C28H30N6O2S. The van der Waals surface area contributed by atoms with Crippen molar-refractivity contribution in [1.82, 2.24) is 19.8 Å². The summed E-state index contributed by atoms with van der Waals surface area (Å²) in [5, 5.41) is 13.9. The van der Waals surface area contributed by atoms with Crippen LogP contribution < -0.4 is 10.1 Å². The van der Waals surface area contributed by atoms with E-state index in [1.165, 1.54) is 17.3 Å². The van der Waals surface area contributed by atoms with Gasteiger partial charge in [-0.1, -0.05) is 48.2 Å². The zero-order valence-corrected chi connectivity index (χ0v) is 21.7. The van der Waals surface area contributed by atoms with E-state index in [2.05, 4.69) is 55.4 Å². The van der Waals surface area contributed by atoms with Gasteiger partial charge in [0.25, 0.3) is 0 Å². The van der Waals surface area contributed by atoms with Crippen LogP contribution >= 0.6 is 11.8 Å². The molecule has 3 aromatic rings. The van der Waals surface area contributed by atoms with Crippen LogP contribution in [-0.2, 0) is 17.9 Å². The van der Waals surface area contributed by atoms with Gasteiger partial charge in [0, 0.05) is 57.5 Å². The van der Waals surface area contributed by atoms with Gasteiger partial charge in [-0.05, 0) is 29.3 Å². The number of hydrogen-bond acceptors (Lipinski definition) is 9. The van der Waals surface area contributed by atoms with Gasteiger partial charge < -0.3 is 14.8 Å². The summed E-state index contributed by atoms with van der Waals surface area (Å²) in [5.74, 6) is 0. The quantitative estimate of drug-likeness (QED) is 0.422. The molecule has 1 fully saturated rings. The Balaban J connectivity index is 1.15. The summed E-state index contributed by atoms with van der Waals surface area (Å²) in [7, 11) is 1.75. The third kappa shape index (κ3) is 6.48. The number of rotatable bonds is 9. The van der Waals surface area contributed by atoms with Crippen LogP contribution in [0, 0.1) is 11.3 Å². The first-order chi connectivity index (χ1) is 18.2. The summed E-state index contributed by atoms with van der Waals surface area (Å²) in [6, 6.07) is 20.7. The van der Waals surface area contributed by atoms with Gasteiger partial charge in [0.2, 0.25) is 0 Å². The van der Waals surface area contributed by atoms with E-state index < -0.39 is 0 Å². The van der Waals surface area contributed by atoms with E-state index in [0.717, 1.165) is 67.1 Å². The van der Waals surface area contributed by atoms with Gasteiger partial charge in [0.1, 0.15) is 18.2 Å². The summed E-state index contributed by atoms with van der Waals surface area (Å²) in [4.78, 5) is 14.8. The predicted molar refractivity (Wildman–Crippen MR) is 145 cm³/mol. The maximum atomic E-state index is 9.84. The number of nitrogens with one attached hydrogen (secondary N) is 1. The molecule has 0 unspecified atom stereocenters. The first-order valence-electron chi connectivity index (χ1n) is 12.4. The Morgan fingerprint density at radius 2 is 1.78 bits per heavy atom. The van der Waals surface area contributed by atoms with E-state index in [1.54, 1.807) is 19.4 Å². The predicted octanol–water partition coefficient (Wildman–Crippen LogP) is 4.23. The highest BCUT2D eigenvalue weighted by atomic mass is 32.2. The van der Waals surface area contributed by atoms with Crippen LogP contribution in [0.4, 0.5) is 5.69 Å². The first kappa shape index (κ1) is 25.2. The number of nitrogens with zero attached hydrogens (tertiary/aromatic N) is 5. The van der Waals surface area contributed by atoms with Gasteiger partial charge in [0.05, 0.1) is 23.0 Å². The molecule has 37 heavy (non-hydrogen) atoms. The zero-order chi connectivity index (χ0) is 25.5. The lowest BCUT2D eigenvalue weighted by Gasteiger charge is -2.34. The molecule has 8 nitrogen and oxygen atoms in total. The van der Waals surface area contributed by atoms with E-state index in [-0.39, 0.29) is 6.01 Å². The largest absolute Gasteiger partial charge is 0.459 e. The number of allylic oxidation sites excluding steroid dienone is 1. The van der Waals surface area contributed by atoms with Gasteiger partial charge in [-0.3, -0.25) is 9.80 Å². The highest BCUT2D eigenvalue weighted by molar-refractivity contribution is 8.04. The second kappa shape index (κ2) is 12.2. The van der Waals surface area contributed by atoms with Gasteiger partial charge in [-0.15, -0.1) is 0 Å². The van der Waals surface area contributed by atoms with Crippen LogP contribution in [-0.4, -0.2) is 66.2 Å². The molecule has 9 heteroatoms. The summed E-state index contributed by atoms with van der Waals surface area (Å²) in [5.41, 5.74) is 4.34. The van der Waals surface area contributed by atoms with Crippen molar-refractivity contribution in [2.75, 3.05) is 51.8 Å². The van der Waals surface area contributed by atoms with Crippen LogP contribution in [0.25, 0.3) is 5.57 Å². The molecule has 1 N–H and O–H groups in total. The second-order valence-corrected chi connectivity index (χ2v) is 10.0. The topological polar surface area (TPSA) is 86.5 Å². The SMILES string of the molecule is COCCN1CCN(Cc2ccc(COc3nccc(/C(C#N)=C4/Nc5ccccc5S4)n3)cc2)CC1. The maximum absolute atomic E-state index is 9.84. The lowest BCUT2D eigenvalue weighted by Crippen LogP contribution is -2.46. The number of hydrogen-bond donors (Lipinski definition) is 1. The smallest absolute Gasteiger partial charge is 0.317 e. The van der Waals surface area contributed by atoms with Gasteiger partial charge in [-0.2, -0.15) is 10.2 Å². The molecule has 2 aromatic carbocycles. The fraction of sp³-hybridized carbons (Fsp3) is 0.321. The maximum Gasteiger partial charge on any atom is 0.317 e. The molecule has 2 aliphatic rings. The summed E-state index contributed by atoms with van der Waals surface area (Å²) >= 11 is 1.53. The molecule has 1 saturated heterocycles. The van der Waals surface area contributed by atoms with E-state index in [0.29, 0.717) is 17.9 Å². The van der Waals surface area contributed by atoms with Crippen molar-refractivity contribution in [1.29, 1.82) is 5.26 Å². The average molecular weight is 515 g/mol. The van der Waals surface area contributed by atoms with Crippen molar-refractivity contribution in [2.45, 2.75) is 18.0 Å². The Kier molecular flexibility index (Phi) is 8.33. The second-order valence-electron chi connectivity index (χ2n) is 8.98. The fourth-order valence-electron chi connectivity index (χ4n) is 4.34. The molecule has 3 heterocycles. The number of methoxy groups -OCH3 is 1. The highest BCUT2D eigenvalue weighted by Gasteiger charge is 2.21. The summed E-state index contributed by atoms with van der Waals surface area (Å²) in [6.45, 7) is 7.42. The molecule has 0 bridgehead atoms. The van der Waals surface area contributed by atoms with Crippen LogP contribution in [0.2, 0.25) is 0 Å². The van der Waals surface area contributed by atoms with Crippen molar-refractivity contribution < 1.29 is 9.47 Å². The molecule has 1 aromatic heterocycles. The van der Waals surface area contributed by atoms with E-state index in [1.807, 2.05) is 24.3 Å². The van der Waals surface area contributed by atoms with E-state index >= 15 is 0 Å². The van der Waals surface area contributed by atoms with Crippen LogP contribution in [0.1, 0.15) is 16.8 Å². The molecule has 0 spiro atoms. The molecule has 5 rings (SSSR count). The molecule has 0 atom stereocenters. The number of ether oxygens (including phenoxy) is 2. The van der Waals surface area contributed by atoms with Gasteiger partial charge in [0.15, 0.2) is 0 Å². The minimum absolute atomic E-state index is 0.252. The van der Waals surface area contributed by atoms with E-state index in [4.69, 9.17) is 9.47 Å². The minimum Gasteiger partial charge on any atom is -0.459 e. The molecular weight excluding hydrogens is 484 g/mol. The van der Waals surface area contributed by atoms with Crippen LogP contribution in [0.3, 0.4) is 0 Å². The number of anilines is 1. The van der Waals surface area contributed by atoms with Crippen LogP contribution in [0.15, 0.2) is 70.7 Å². The van der Waals surface area contributed by atoms with Crippen molar-refractivity contribution in [3.8, 4) is 12.1 Å². The monoisotopic (exact) mass is 514 g/mol. The standard InChI is InChI=1S/C28H30N6O2S/c1-35-17-16-33-12-14-34(15-13-33)19-21-6-8-22(9-7-21)20-36-28-30-11-10-24(32-28)23(18-29)27-31-25-4-2-3-5-26(25)37-27/h2-11,31H,12-17,19-20H2,1H3/b27-23-. The molecule has 0 saturated carbocycles. The molecule has 0 aliphatic carbocycles. The van der Waals surface area contributed by atoms with E-state index in [9.17, 15) is 5.26 Å². The average Bonchev–Trinajstić information content (AvgIpc) is 3.37. The Morgan fingerprint density at radius 1 is 1.03 bits per heavy atom. The molecule has 0 radical (unpaired) electrons. The Labute approximate surface area is 221 Å². The van der Waals surface area contributed by atoms with Crippen molar-refractivity contribution in [3.05, 3.63) is 82.6 Å². The van der Waals surface area contributed by atoms with Gasteiger partial charge in [-0.25, -0.2) is 4.98 Å². The summed E-state index contributed by atoms with van der Waals surface area (Å²) < 4.78 is 11.1. The highest BCUT2D eigenvalue weighted by Crippen LogP contribution is 2.43. The minimum atomic E-state index is 0.252. The molecule has 190 valence electrons. The normalized spacial score (nSPS) is 17.1. The molecule has 0 amide bonds. The Morgan fingerprint density at radius 3 is 2.54 bits per heavy atom. The fourth-order valence-corrected chi connectivity index (χ4v) is 5.35. The van der Waals surface area contributed by atoms with Crippen LogP contribution in [0.5, 0.6) is 6.01 Å². The number of nitriles is 1. The summed E-state index contributed by atoms with van der Waals surface area (Å²) in [6.07, 6.45) is 1.63. The number of thioether (sulfide) groups is 1. The van der Waals surface area contributed by atoms with Crippen molar-refractivity contribution in [2.24, 2.45) is 0 Å². The lowest BCUT2D eigenvalue weighted by atomic mass is 10.1. The number of benzene rings is 2. The number of fused-ring (bicyclic) bond motifs is 1. The van der Waals surface area contributed by atoms with Crippen molar-refractivity contribution >= 4 is 23.0 Å².